The second kappa shape index (κ2) is 6.13. The van der Waals surface area contributed by atoms with Crippen molar-refractivity contribution in [1.29, 1.82) is 0 Å². The lowest BCUT2D eigenvalue weighted by atomic mass is 9.89. The normalized spacial score (nSPS) is 19.8. The predicted molar refractivity (Wildman–Crippen MR) is 85.3 cm³/mol. The Kier molecular flexibility index (Phi) is 4.93. The zero-order valence-corrected chi connectivity index (χ0v) is 14.0. The first kappa shape index (κ1) is 15.3. The van der Waals surface area contributed by atoms with Gasteiger partial charge in [-0.25, -0.2) is 0 Å². The molecule has 1 aromatic heterocycles. The van der Waals surface area contributed by atoms with Crippen molar-refractivity contribution < 1.29 is 0 Å². The molecule has 19 heavy (non-hydrogen) atoms. The van der Waals surface area contributed by atoms with Gasteiger partial charge in [0.15, 0.2) is 0 Å². The summed E-state index contributed by atoms with van der Waals surface area (Å²) in [6, 6.07) is 2.66. The third-order valence-electron chi connectivity index (χ3n) is 3.65. The van der Waals surface area contributed by atoms with E-state index in [-0.39, 0.29) is 0 Å². The van der Waals surface area contributed by atoms with E-state index in [4.69, 9.17) is 11.6 Å². The molecule has 1 aromatic rings. The van der Waals surface area contributed by atoms with Crippen LogP contribution in [0.1, 0.15) is 43.2 Å². The zero-order valence-electron chi connectivity index (χ0n) is 12.4. The molecule has 1 unspecified atom stereocenters. The molecule has 0 aliphatic heterocycles. The largest absolute Gasteiger partial charge is 0.309 e. The molecule has 2 nitrogen and oxygen atoms in total. The van der Waals surface area contributed by atoms with Crippen LogP contribution in [0.5, 0.6) is 0 Å². The Morgan fingerprint density at radius 1 is 1.47 bits per heavy atom. The summed E-state index contributed by atoms with van der Waals surface area (Å²) in [7, 11) is 4.28. The lowest BCUT2D eigenvalue weighted by Gasteiger charge is -2.32. The van der Waals surface area contributed by atoms with Gasteiger partial charge in [-0.1, -0.05) is 25.4 Å². The van der Waals surface area contributed by atoms with Gasteiger partial charge in [-0.2, -0.15) is 0 Å². The summed E-state index contributed by atoms with van der Waals surface area (Å²) in [5, 5.41) is 3.76. The van der Waals surface area contributed by atoms with E-state index in [1.54, 1.807) is 11.3 Å². The SMILES string of the molecule is CN(C)CC(C)(C)CNC1CCCc2sc(Cl)cc21. The number of thiophene rings is 1. The number of hydrogen-bond donors (Lipinski definition) is 1. The minimum atomic E-state index is 0.293. The molecular formula is C15H25ClN2S. The number of aryl methyl sites for hydroxylation is 1. The average Bonchev–Trinajstić information content (AvgIpc) is 2.65. The molecule has 0 spiro atoms. The summed E-state index contributed by atoms with van der Waals surface area (Å²) >= 11 is 7.91. The minimum absolute atomic E-state index is 0.293. The maximum atomic E-state index is 6.16. The number of nitrogens with one attached hydrogen (secondary N) is 1. The van der Waals surface area contributed by atoms with Crippen LogP contribution in [-0.4, -0.2) is 32.1 Å². The molecule has 4 heteroatoms. The molecule has 108 valence electrons. The van der Waals surface area contributed by atoms with Crippen molar-refractivity contribution in [3.05, 3.63) is 20.8 Å². The smallest absolute Gasteiger partial charge is 0.0934 e. The van der Waals surface area contributed by atoms with E-state index in [9.17, 15) is 0 Å². The summed E-state index contributed by atoms with van der Waals surface area (Å²) in [4.78, 5) is 3.74. The molecule has 2 rings (SSSR count). The van der Waals surface area contributed by atoms with Gasteiger partial charge in [0.1, 0.15) is 0 Å². The van der Waals surface area contributed by atoms with Gasteiger partial charge in [0.2, 0.25) is 0 Å². The highest BCUT2D eigenvalue weighted by molar-refractivity contribution is 7.16. The average molecular weight is 301 g/mol. The highest BCUT2D eigenvalue weighted by atomic mass is 35.5. The first-order valence-electron chi connectivity index (χ1n) is 7.04. The highest BCUT2D eigenvalue weighted by Crippen LogP contribution is 2.38. The third kappa shape index (κ3) is 4.19. The molecule has 1 N–H and O–H groups in total. The fourth-order valence-corrected chi connectivity index (χ4v) is 4.43. The predicted octanol–water partition coefficient (Wildman–Crippen LogP) is 3.96. The van der Waals surface area contributed by atoms with Crippen LogP contribution in [0.15, 0.2) is 6.07 Å². The van der Waals surface area contributed by atoms with Crippen molar-refractivity contribution in [3.8, 4) is 0 Å². The van der Waals surface area contributed by atoms with E-state index in [0.29, 0.717) is 11.5 Å². The van der Waals surface area contributed by atoms with Gasteiger partial charge in [0.25, 0.3) is 0 Å². The van der Waals surface area contributed by atoms with Crippen LogP contribution in [-0.2, 0) is 6.42 Å². The number of fused-ring (bicyclic) bond motifs is 1. The van der Waals surface area contributed by atoms with E-state index in [1.165, 1.54) is 29.7 Å². The van der Waals surface area contributed by atoms with Crippen LogP contribution >= 0.6 is 22.9 Å². The van der Waals surface area contributed by atoms with Crippen molar-refractivity contribution in [2.24, 2.45) is 5.41 Å². The quantitative estimate of drug-likeness (QED) is 0.885. The molecule has 1 heterocycles. The van der Waals surface area contributed by atoms with E-state index in [1.807, 2.05) is 0 Å². The zero-order chi connectivity index (χ0) is 14.0. The number of rotatable bonds is 5. The molecule has 1 aliphatic carbocycles. The monoisotopic (exact) mass is 300 g/mol. The summed E-state index contributed by atoms with van der Waals surface area (Å²) < 4.78 is 0.936. The van der Waals surface area contributed by atoms with E-state index in [0.717, 1.165) is 17.4 Å². The number of hydrogen-bond acceptors (Lipinski definition) is 3. The maximum Gasteiger partial charge on any atom is 0.0934 e. The van der Waals surface area contributed by atoms with Gasteiger partial charge < -0.3 is 10.2 Å². The van der Waals surface area contributed by atoms with E-state index in [2.05, 4.69) is 44.2 Å². The molecule has 0 radical (unpaired) electrons. The third-order valence-corrected chi connectivity index (χ3v) is 4.99. The maximum absolute atomic E-state index is 6.16. The fraction of sp³-hybridized carbons (Fsp3) is 0.733. The van der Waals surface area contributed by atoms with Crippen LogP contribution in [0.4, 0.5) is 0 Å². The van der Waals surface area contributed by atoms with Crippen molar-refractivity contribution in [2.75, 3.05) is 27.2 Å². The summed E-state index contributed by atoms with van der Waals surface area (Å²) in [6.07, 6.45) is 3.71. The fourth-order valence-electron chi connectivity index (χ4n) is 3.04. The van der Waals surface area contributed by atoms with Crippen molar-refractivity contribution in [1.82, 2.24) is 10.2 Å². The van der Waals surface area contributed by atoms with Gasteiger partial charge in [-0.05, 0) is 50.4 Å². The van der Waals surface area contributed by atoms with Crippen LogP contribution in [0.2, 0.25) is 4.34 Å². The molecule has 1 atom stereocenters. The summed E-state index contributed by atoms with van der Waals surface area (Å²) in [5.41, 5.74) is 1.74. The van der Waals surface area contributed by atoms with E-state index >= 15 is 0 Å². The molecule has 0 saturated heterocycles. The van der Waals surface area contributed by atoms with Gasteiger partial charge in [0, 0.05) is 24.0 Å². The van der Waals surface area contributed by atoms with Crippen LogP contribution < -0.4 is 5.32 Å². The molecule has 0 amide bonds. The van der Waals surface area contributed by atoms with Crippen molar-refractivity contribution in [2.45, 2.75) is 39.2 Å². The van der Waals surface area contributed by atoms with E-state index < -0.39 is 0 Å². The van der Waals surface area contributed by atoms with Gasteiger partial charge in [-0.3, -0.25) is 0 Å². The van der Waals surface area contributed by atoms with Gasteiger partial charge in [-0.15, -0.1) is 11.3 Å². The molecule has 0 fully saturated rings. The molecule has 0 bridgehead atoms. The molecule has 1 aliphatic rings. The Labute approximate surface area is 126 Å². The first-order valence-corrected chi connectivity index (χ1v) is 8.23. The Morgan fingerprint density at radius 2 is 2.21 bits per heavy atom. The van der Waals surface area contributed by atoms with Gasteiger partial charge in [0.05, 0.1) is 4.34 Å². The standard InChI is InChI=1S/C15H25ClN2S/c1-15(2,10-18(3)4)9-17-12-6-5-7-13-11(12)8-14(16)19-13/h8,12,17H,5-7,9-10H2,1-4H3. The lowest BCUT2D eigenvalue weighted by molar-refractivity contribution is 0.222. The molecule has 0 saturated carbocycles. The Morgan fingerprint density at radius 3 is 2.89 bits per heavy atom. The second-order valence-corrected chi connectivity index (χ2v) is 8.42. The molecular weight excluding hydrogens is 276 g/mol. The van der Waals surface area contributed by atoms with Crippen molar-refractivity contribution in [3.63, 3.8) is 0 Å². The lowest BCUT2D eigenvalue weighted by Crippen LogP contribution is -2.39. The van der Waals surface area contributed by atoms with Gasteiger partial charge >= 0.3 is 0 Å². The van der Waals surface area contributed by atoms with Crippen LogP contribution in [0.25, 0.3) is 0 Å². The Bertz CT molecular complexity index is 426. The molecule has 0 aromatic carbocycles. The summed E-state index contributed by atoms with van der Waals surface area (Å²) in [5.74, 6) is 0. The van der Waals surface area contributed by atoms with Crippen LogP contribution in [0.3, 0.4) is 0 Å². The number of halogens is 1. The Balaban J connectivity index is 1.97. The highest BCUT2D eigenvalue weighted by Gasteiger charge is 2.25. The summed E-state index contributed by atoms with van der Waals surface area (Å²) in [6.45, 7) is 6.79. The first-order chi connectivity index (χ1) is 8.87. The topological polar surface area (TPSA) is 15.3 Å². The van der Waals surface area contributed by atoms with Crippen molar-refractivity contribution >= 4 is 22.9 Å². The Hall–Kier alpha value is -0.0900. The minimum Gasteiger partial charge on any atom is -0.309 e. The van der Waals surface area contributed by atoms with Crippen LogP contribution in [0, 0.1) is 5.41 Å². The second-order valence-electron chi connectivity index (χ2n) is 6.66. The number of nitrogens with zero attached hydrogens (tertiary/aromatic N) is 1.